The zero-order valence-corrected chi connectivity index (χ0v) is 11.4. The molecular formula is C16H18N2O2. The molecule has 0 bridgehead atoms. The van der Waals surface area contributed by atoms with Gasteiger partial charge in [-0.1, -0.05) is 36.4 Å². The van der Waals surface area contributed by atoms with Gasteiger partial charge in [-0.15, -0.1) is 0 Å². The highest BCUT2D eigenvalue weighted by Crippen LogP contribution is 2.15. The van der Waals surface area contributed by atoms with Gasteiger partial charge in [0.25, 0.3) is 0 Å². The van der Waals surface area contributed by atoms with Gasteiger partial charge in [-0.3, -0.25) is 4.79 Å². The molecule has 4 heteroatoms. The Kier molecular flexibility index (Phi) is 5.15. The van der Waals surface area contributed by atoms with Crippen LogP contribution in [0, 0.1) is 0 Å². The highest BCUT2D eigenvalue weighted by Gasteiger charge is 2.04. The molecule has 0 saturated carbocycles. The van der Waals surface area contributed by atoms with Crippen molar-refractivity contribution in [2.75, 3.05) is 24.3 Å². The summed E-state index contributed by atoms with van der Waals surface area (Å²) in [6, 6.07) is 17.2. The van der Waals surface area contributed by atoms with E-state index in [-0.39, 0.29) is 12.5 Å². The molecule has 0 unspecified atom stereocenters. The van der Waals surface area contributed by atoms with E-state index >= 15 is 0 Å². The van der Waals surface area contributed by atoms with Crippen molar-refractivity contribution < 1.29 is 9.53 Å². The summed E-state index contributed by atoms with van der Waals surface area (Å²) in [5, 5.41) is 5.96. The molecule has 0 aliphatic rings. The molecule has 2 N–H and O–H groups in total. The van der Waals surface area contributed by atoms with Crippen LogP contribution in [0.15, 0.2) is 54.6 Å². The summed E-state index contributed by atoms with van der Waals surface area (Å²) in [7, 11) is 1.65. The van der Waals surface area contributed by atoms with Gasteiger partial charge in [-0.2, -0.15) is 0 Å². The van der Waals surface area contributed by atoms with E-state index in [1.807, 2.05) is 54.6 Å². The van der Waals surface area contributed by atoms with Crippen molar-refractivity contribution in [1.82, 2.24) is 0 Å². The van der Waals surface area contributed by atoms with Crippen molar-refractivity contribution in [1.29, 1.82) is 0 Å². The SMILES string of the molecule is COCc1ccccc1NCC(=O)Nc1ccccc1. The molecule has 20 heavy (non-hydrogen) atoms. The van der Waals surface area contributed by atoms with Crippen LogP contribution in [0.3, 0.4) is 0 Å². The molecule has 0 radical (unpaired) electrons. The first-order chi connectivity index (χ1) is 9.79. The first-order valence-corrected chi connectivity index (χ1v) is 6.45. The largest absolute Gasteiger partial charge is 0.380 e. The lowest BCUT2D eigenvalue weighted by Gasteiger charge is -2.11. The molecule has 0 atom stereocenters. The minimum atomic E-state index is -0.0802. The van der Waals surface area contributed by atoms with E-state index in [0.717, 1.165) is 16.9 Å². The number of hydrogen-bond acceptors (Lipinski definition) is 3. The second-order valence-corrected chi connectivity index (χ2v) is 4.36. The second-order valence-electron chi connectivity index (χ2n) is 4.36. The second kappa shape index (κ2) is 7.31. The fraction of sp³-hybridized carbons (Fsp3) is 0.188. The molecule has 0 heterocycles. The molecule has 0 aliphatic carbocycles. The van der Waals surface area contributed by atoms with Crippen LogP contribution in [-0.4, -0.2) is 19.6 Å². The molecule has 2 aromatic carbocycles. The molecule has 0 aromatic heterocycles. The standard InChI is InChI=1S/C16H18N2O2/c1-20-12-13-7-5-6-10-15(13)17-11-16(19)18-14-8-3-2-4-9-14/h2-10,17H,11-12H2,1H3,(H,18,19). The summed E-state index contributed by atoms with van der Waals surface area (Å²) >= 11 is 0. The van der Waals surface area contributed by atoms with Crippen molar-refractivity contribution in [2.24, 2.45) is 0 Å². The van der Waals surface area contributed by atoms with E-state index in [1.165, 1.54) is 0 Å². The summed E-state index contributed by atoms with van der Waals surface area (Å²) in [4.78, 5) is 11.9. The highest BCUT2D eigenvalue weighted by molar-refractivity contribution is 5.93. The minimum absolute atomic E-state index is 0.0802. The van der Waals surface area contributed by atoms with Crippen LogP contribution < -0.4 is 10.6 Å². The quantitative estimate of drug-likeness (QED) is 0.848. The maximum atomic E-state index is 11.9. The van der Waals surface area contributed by atoms with Crippen LogP contribution in [0.2, 0.25) is 0 Å². The molecule has 0 fully saturated rings. The van der Waals surface area contributed by atoms with Crippen LogP contribution in [-0.2, 0) is 16.1 Å². The van der Waals surface area contributed by atoms with Gasteiger partial charge >= 0.3 is 0 Å². The normalized spacial score (nSPS) is 10.1. The lowest BCUT2D eigenvalue weighted by atomic mass is 10.2. The van der Waals surface area contributed by atoms with Gasteiger partial charge in [0.1, 0.15) is 0 Å². The summed E-state index contributed by atoms with van der Waals surface area (Å²) in [5.74, 6) is -0.0802. The zero-order chi connectivity index (χ0) is 14.2. The number of carbonyl (C=O) groups excluding carboxylic acids is 1. The highest BCUT2D eigenvalue weighted by atomic mass is 16.5. The summed E-state index contributed by atoms with van der Waals surface area (Å²) < 4.78 is 5.13. The number of carbonyl (C=O) groups is 1. The lowest BCUT2D eigenvalue weighted by molar-refractivity contribution is -0.114. The zero-order valence-electron chi connectivity index (χ0n) is 11.4. The van der Waals surface area contributed by atoms with Gasteiger partial charge in [-0.25, -0.2) is 0 Å². The van der Waals surface area contributed by atoms with E-state index in [2.05, 4.69) is 10.6 Å². The number of anilines is 2. The lowest BCUT2D eigenvalue weighted by Crippen LogP contribution is -2.22. The summed E-state index contributed by atoms with van der Waals surface area (Å²) in [6.45, 7) is 0.735. The van der Waals surface area contributed by atoms with E-state index in [4.69, 9.17) is 4.74 Å². The van der Waals surface area contributed by atoms with E-state index in [9.17, 15) is 4.79 Å². The summed E-state index contributed by atoms with van der Waals surface area (Å²) in [5.41, 5.74) is 2.74. The number of nitrogens with one attached hydrogen (secondary N) is 2. The fourth-order valence-corrected chi connectivity index (χ4v) is 1.88. The molecular weight excluding hydrogens is 252 g/mol. The van der Waals surface area contributed by atoms with Gasteiger partial charge in [0.05, 0.1) is 13.2 Å². The number of rotatable bonds is 6. The molecule has 0 saturated heterocycles. The van der Waals surface area contributed by atoms with E-state index in [1.54, 1.807) is 7.11 Å². The molecule has 0 spiro atoms. The molecule has 4 nitrogen and oxygen atoms in total. The number of para-hydroxylation sites is 2. The number of methoxy groups -OCH3 is 1. The molecule has 0 aliphatic heterocycles. The third-order valence-corrected chi connectivity index (χ3v) is 2.81. The van der Waals surface area contributed by atoms with Gasteiger partial charge in [0.2, 0.25) is 5.91 Å². The Morgan fingerprint density at radius 1 is 1.05 bits per heavy atom. The van der Waals surface area contributed by atoms with Crippen molar-refractivity contribution in [3.8, 4) is 0 Å². The average Bonchev–Trinajstić information content (AvgIpc) is 2.48. The smallest absolute Gasteiger partial charge is 0.243 e. The molecule has 2 aromatic rings. The fourth-order valence-electron chi connectivity index (χ4n) is 1.88. The predicted octanol–water partition coefficient (Wildman–Crippen LogP) is 2.88. The Balaban J connectivity index is 1.90. The third-order valence-electron chi connectivity index (χ3n) is 2.81. The van der Waals surface area contributed by atoms with Crippen molar-refractivity contribution in [2.45, 2.75) is 6.61 Å². The molecule has 2 rings (SSSR count). The number of amides is 1. The van der Waals surface area contributed by atoms with Crippen molar-refractivity contribution in [3.63, 3.8) is 0 Å². The van der Waals surface area contributed by atoms with Crippen molar-refractivity contribution in [3.05, 3.63) is 60.2 Å². The van der Waals surface area contributed by atoms with E-state index < -0.39 is 0 Å². The van der Waals surface area contributed by atoms with Crippen LogP contribution >= 0.6 is 0 Å². The first-order valence-electron chi connectivity index (χ1n) is 6.45. The topological polar surface area (TPSA) is 50.4 Å². The maximum Gasteiger partial charge on any atom is 0.243 e. The van der Waals surface area contributed by atoms with Gasteiger partial charge in [-0.05, 0) is 18.2 Å². The summed E-state index contributed by atoms with van der Waals surface area (Å²) in [6.07, 6.45) is 0. The predicted molar refractivity (Wildman–Crippen MR) is 80.7 cm³/mol. The van der Waals surface area contributed by atoms with Gasteiger partial charge in [0.15, 0.2) is 0 Å². The number of ether oxygens (including phenoxy) is 1. The molecule has 104 valence electrons. The van der Waals surface area contributed by atoms with Gasteiger partial charge in [0, 0.05) is 24.0 Å². The third kappa shape index (κ3) is 4.10. The van der Waals surface area contributed by atoms with Crippen LogP contribution in [0.5, 0.6) is 0 Å². The van der Waals surface area contributed by atoms with Crippen molar-refractivity contribution >= 4 is 17.3 Å². The Labute approximate surface area is 118 Å². The number of hydrogen-bond donors (Lipinski definition) is 2. The Morgan fingerprint density at radius 2 is 1.75 bits per heavy atom. The minimum Gasteiger partial charge on any atom is -0.380 e. The maximum absolute atomic E-state index is 11.9. The van der Waals surface area contributed by atoms with Gasteiger partial charge < -0.3 is 15.4 Å². The Bertz CT molecular complexity index is 555. The van der Waals surface area contributed by atoms with E-state index in [0.29, 0.717) is 6.61 Å². The molecule has 1 amide bonds. The Morgan fingerprint density at radius 3 is 2.50 bits per heavy atom. The first kappa shape index (κ1) is 14.1. The number of benzene rings is 2. The average molecular weight is 270 g/mol. The van der Waals surface area contributed by atoms with Crippen LogP contribution in [0.1, 0.15) is 5.56 Å². The Hall–Kier alpha value is -2.33. The monoisotopic (exact) mass is 270 g/mol. The van der Waals surface area contributed by atoms with Crippen LogP contribution in [0.25, 0.3) is 0 Å². The van der Waals surface area contributed by atoms with Crippen LogP contribution in [0.4, 0.5) is 11.4 Å².